The van der Waals surface area contributed by atoms with Crippen LogP contribution in [0.5, 0.6) is 0 Å². The van der Waals surface area contributed by atoms with Gasteiger partial charge in [-0.3, -0.25) is 9.80 Å². The van der Waals surface area contributed by atoms with Gasteiger partial charge in [0.2, 0.25) is 0 Å². The van der Waals surface area contributed by atoms with Crippen molar-refractivity contribution in [1.29, 1.82) is 0 Å². The van der Waals surface area contributed by atoms with Gasteiger partial charge in [0, 0.05) is 32.2 Å². The lowest BCUT2D eigenvalue weighted by Gasteiger charge is -2.45. The van der Waals surface area contributed by atoms with Crippen LogP contribution in [0.15, 0.2) is 0 Å². The Hall–Kier alpha value is -0.120. The molecule has 0 aliphatic carbocycles. The van der Waals surface area contributed by atoms with Gasteiger partial charge in [-0.05, 0) is 26.8 Å². The molecule has 0 amide bonds. The molecule has 3 nitrogen and oxygen atoms in total. The predicted molar refractivity (Wildman–Crippen MR) is 54.7 cm³/mol. The third kappa shape index (κ3) is 2.03. The van der Waals surface area contributed by atoms with E-state index in [1.165, 1.54) is 39.1 Å². The van der Waals surface area contributed by atoms with Crippen LogP contribution in [0.2, 0.25) is 0 Å². The lowest BCUT2D eigenvalue weighted by Crippen LogP contribution is -2.62. The maximum Gasteiger partial charge on any atom is 0.0728 e. The average molecular weight is 183 g/mol. The van der Waals surface area contributed by atoms with E-state index in [4.69, 9.17) is 0 Å². The Morgan fingerprint density at radius 3 is 2.85 bits per heavy atom. The van der Waals surface area contributed by atoms with Crippen molar-refractivity contribution in [1.82, 2.24) is 15.1 Å². The maximum absolute atomic E-state index is 3.59. The Bertz CT molecular complexity index is 170. The van der Waals surface area contributed by atoms with Crippen molar-refractivity contribution in [2.75, 3.05) is 32.7 Å². The van der Waals surface area contributed by atoms with Gasteiger partial charge in [0.25, 0.3) is 0 Å². The number of fused-ring (bicyclic) bond motifs is 1. The van der Waals surface area contributed by atoms with Gasteiger partial charge in [0.15, 0.2) is 0 Å². The van der Waals surface area contributed by atoms with E-state index in [0.717, 1.165) is 0 Å². The molecule has 2 rings (SSSR count). The quantitative estimate of drug-likeness (QED) is 0.632. The Morgan fingerprint density at radius 1 is 1.23 bits per heavy atom. The van der Waals surface area contributed by atoms with Crippen LogP contribution in [-0.4, -0.2) is 54.7 Å². The fourth-order valence-corrected chi connectivity index (χ4v) is 2.32. The maximum atomic E-state index is 3.59. The summed E-state index contributed by atoms with van der Waals surface area (Å²) in [5, 5.41) is 3.59. The molecule has 3 heteroatoms. The molecule has 1 atom stereocenters. The van der Waals surface area contributed by atoms with E-state index in [9.17, 15) is 0 Å². The summed E-state index contributed by atoms with van der Waals surface area (Å²) in [6.07, 6.45) is 1.95. The number of piperazine rings is 1. The summed E-state index contributed by atoms with van der Waals surface area (Å²) < 4.78 is 0. The minimum absolute atomic E-state index is 0.630. The standard InChI is InChI=1S/C10H21N3/c1-9(2)13-7-6-12-5-3-4-11-10(12)8-13/h9-11H,3-8H2,1-2H3. The van der Waals surface area contributed by atoms with E-state index >= 15 is 0 Å². The van der Waals surface area contributed by atoms with E-state index < -0.39 is 0 Å². The highest BCUT2D eigenvalue weighted by molar-refractivity contribution is 4.84. The highest BCUT2D eigenvalue weighted by atomic mass is 15.4. The number of rotatable bonds is 1. The second-order valence-corrected chi connectivity index (χ2v) is 4.45. The zero-order valence-electron chi connectivity index (χ0n) is 8.79. The predicted octanol–water partition coefficient (Wildman–Crippen LogP) is 0.332. The summed E-state index contributed by atoms with van der Waals surface area (Å²) in [5.41, 5.74) is 0. The normalized spacial score (nSPS) is 32.1. The Balaban J connectivity index is 1.91. The van der Waals surface area contributed by atoms with Crippen molar-refractivity contribution in [2.24, 2.45) is 0 Å². The van der Waals surface area contributed by atoms with Gasteiger partial charge in [-0.1, -0.05) is 0 Å². The summed E-state index contributed by atoms with van der Waals surface area (Å²) in [4.78, 5) is 5.15. The number of hydrogen-bond acceptors (Lipinski definition) is 3. The molecule has 2 aliphatic rings. The summed E-state index contributed by atoms with van der Waals surface area (Å²) >= 11 is 0. The van der Waals surface area contributed by atoms with E-state index in [0.29, 0.717) is 12.2 Å². The first-order valence-corrected chi connectivity index (χ1v) is 5.49. The fraction of sp³-hybridized carbons (Fsp3) is 1.00. The van der Waals surface area contributed by atoms with E-state index in [2.05, 4.69) is 29.0 Å². The number of nitrogens with one attached hydrogen (secondary N) is 1. The Morgan fingerprint density at radius 2 is 2.08 bits per heavy atom. The number of nitrogens with zero attached hydrogens (tertiary/aromatic N) is 2. The summed E-state index contributed by atoms with van der Waals surface area (Å²) in [7, 11) is 0. The van der Waals surface area contributed by atoms with E-state index in [1.807, 2.05) is 0 Å². The van der Waals surface area contributed by atoms with Gasteiger partial charge in [-0.25, -0.2) is 0 Å². The molecule has 2 aliphatic heterocycles. The molecular weight excluding hydrogens is 162 g/mol. The average Bonchev–Trinajstić information content (AvgIpc) is 2.17. The molecule has 2 heterocycles. The van der Waals surface area contributed by atoms with E-state index in [-0.39, 0.29) is 0 Å². The largest absolute Gasteiger partial charge is 0.301 e. The third-order valence-electron chi connectivity index (χ3n) is 3.26. The Kier molecular flexibility index (Phi) is 2.86. The molecule has 2 fully saturated rings. The van der Waals surface area contributed by atoms with Gasteiger partial charge < -0.3 is 5.32 Å². The first-order valence-electron chi connectivity index (χ1n) is 5.49. The molecule has 0 aromatic heterocycles. The lowest BCUT2D eigenvalue weighted by atomic mass is 10.1. The topological polar surface area (TPSA) is 18.5 Å². The lowest BCUT2D eigenvalue weighted by molar-refractivity contribution is 0.0235. The number of hydrogen-bond donors (Lipinski definition) is 1. The third-order valence-corrected chi connectivity index (χ3v) is 3.26. The zero-order chi connectivity index (χ0) is 9.26. The second-order valence-electron chi connectivity index (χ2n) is 4.45. The van der Waals surface area contributed by atoms with Crippen LogP contribution in [0.25, 0.3) is 0 Å². The van der Waals surface area contributed by atoms with Crippen molar-refractivity contribution in [2.45, 2.75) is 32.5 Å². The minimum atomic E-state index is 0.630. The molecule has 0 aromatic carbocycles. The van der Waals surface area contributed by atoms with Gasteiger partial charge in [0.05, 0.1) is 6.17 Å². The molecule has 0 radical (unpaired) electrons. The summed E-state index contributed by atoms with van der Waals surface area (Å²) in [6, 6.07) is 0.700. The highest BCUT2D eigenvalue weighted by Gasteiger charge is 2.29. The SMILES string of the molecule is CC(C)N1CCN2CCCNC2C1. The first kappa shape index (κ1) is 9.44. The van der Waals surface area contributed by atoms with Crippen LogP contribution in [0.1, 0.15) is 20.3 Å². The molecule has 0 saturated carbocycles. The van der Waals surface area contributed by atoms with Crippen molar-refractivity contribution >= 4 is 0 Å². The van der Waals surface area contributed by atoms with Crippen LogP contribution in [0, 0.1) is 0 Å². The van der Waals surface area contributed by atoms with Crippen LogP contribution in [0.4, 0.5) is 0 Å². The van der Waals surface area contributed by atoms with Gasteiger partial charge in [0.1, 0.15) is 0 Å². The van der Waals surface area contributed by atoms with Crippen molar-refractivity contribution in [3.63, 3.8) is 0 Å². The molecular formula is C10H21N3. The van der Waals surface area contributed by atoms with Crippen LogP contribution >= 0.6 is 0 Å². The molecule has 1 unspecified atom stereocenters. The monoisotopic (exact) mass is 183 g/mol. The van der Waals surface area contributed by atoms with Gasteiger partial charge >= 0.3 is 0 Å². The first-order chi connectivity index (χ1) is 6.27. The molecule has 1 N–H and O–H groups in total. The van der Waals surface area contributed by atoms with Crippen LogP contribution in [0.3, 0.4) is 0 Å². The minimum Gasteiger partial charge on any atom is -0.301 e. The molecule has 0 spiro atoms. The van der Waals surface area contributed by atoms with Crippen LogP contribution < -0.4 is 5.32 Å². The van der Waals surface area contributed by atoms with Crippen molar-refractivity contribution < 1.29 is 0 Å². The summed E-state index contributed by atoms with van der Waals surface area (Å²) in [6.45, 7) is 10.8. The molecule has 0 bridgehead atoms. The molecule has 2 saturated heterocycles. The fourth-order valence-electron chi connectivity index (χ4n) is 2.32. The summed E-state index contributed by atoms with van der Waals surface area (Å²) in [5.74, 6) is 0. The smallest absolute Gasteiger partial charge is 0.0728 e. The van der Waals surface area contributed by atoms with Gasteiger partial charge in [-0.15, -0.1) is 0 Å². The van der Waals surface area contributed by atoms with E-state index in [1.54, 1.807) is 0 Å². The second kappa shape index (κ2) is 3.95. The van der Waals surface area contributed by atoms with Gasteiger partial charge in [-0.2, -0.15) is 0 Å². The molecule has 13 heavy (non-hydrogen) atoms. The van der Waals surface area contributed by atoms with Crippen molar-refractivity contribution in [3.8, 4) is 0 Å². The van der Waals surface area contributed by atoms with Crippen molar-refractivity contribution in [3.05, 3.63) is 0 Å². The van der Waals surface area contributed by atoms with Crippen LogP contribution in [-0.2, 0) is 0 Å². The molecule has 76 valence electrons. The Labute approximate surface area is 81.1 Å². The zero-order valence-corrected chi connectivity index (χ0v) is 8.79. The highest BCUT2D eigenvalue weighted by Crippen LogP contribution is 2.13. The molecule has 0 aromatic rings.